The van der Waals surface area contributed by atoms with E-state index in [2.05, 4.69) is 0 Å². The van der Waals surface area contributed by atoms with Crippen LogP contribution in [0.3, 0.4) is 0 Å². The zero-order valence-electron chi connectivity index (χ0n) is 16.3. The molecular weight excluding hydrogens is 412 g/mol. The van der Waals surface area contributed by atoms with Crippen LogP contribution in [0, 0.1) is 10.1 Å². The molecule has 0 radical (unpaired) electrons. The van der Waals surface area contributed by atoms with E-state index in [0.717, 1.165) is 0 Å². The summed E-state index contributed by atoms with van der Waals surface area (Å²) in [6, 6.07) is 10.6. The summed E-state index contributed by atoms with van der Waals surface area (Å²) in [6.07, 6.45) is 1.43. The minimum absolute atomic E-state index is 0.0618. The van der Waals surface area contributed by atoms with Crippen LogP contribution in [0.1, 0.15) is 12.5 Å². The van der Waals surface area contributed by atoms with Crippen molar-refractivity contribution in [2.45, 2.75) is 6.92 Å². The maximum absolute atomic E-state index is 13.2. The maximum atomic E-state index is 13.2. The second-order valence-electron chi connectivity index (χ2n) is 6.32. The largest absolute Gasteiger partial charge is 0.495 e. The molecule has 0 atom stereocenters. The molecule has 0 bridgehead atoms. The third kappa shape index (κ3) is 3.77. The van der Waals surface area contributed by atoms with Crippen molar-refractivity contribution in [3.05, 3.63) is 80.0 Å². The number of rotatable bonds is 5. The van der Waals surface area contributed by atoms with Gasteiger partial charge in [0.15, 0.2) is 0 Å². The number of hydrogen-bond donors (Lipinski definition) is 0. The van der Waals surface area contributed by atoms with Crippen molar-refractivity contribution in [2.24, 2.45) is 0 Å². The Hall–Kier alpha value is -3.65. The van der Waals surface area contributed by atoms with Gasteiger partial charge in [-0.2, -0.15) is 0 Å². The molecule has 1 heterocycles. The van der Waals surface area contributed by atoms with Crippen LogP contribution in [0.5, 0.6) is 5.75 Å². The van der Waals surface area contributed by atoms with E-state index in [-0.39, 0.29) is 16.8 Å². The van der Waals surface area contributed by atoms with Gasteiger partial charge in [-0.15, -0.1) is 0 Å². The fraction of sp³-hybridized carbons (Fsp3) is 0.143. The number of non-ortho nitro benzene ring substituents is 1. The third-order valence-electron chi connectivity index (χ3n) is 4.58. The predicted octanol–water partition coefficient (Wildman–Crippen LogP) is 4.13. The molecule has 0 unspecified atom stereocenters. The number of carbonyl (C=O) groups excluding carboxylic acids is 2. The fourth-order valence-corrected chi connectivity index (χ4v) is 3.43. The Bertz CT molecular complexity index is 1120. The number of carbonyl (C=O) groups is 2. The lowest BCUT2D eigenvalue weighted by molar-refractivity contribution is -0.384. The average Bonchev–Trinajstić information content (AvgIpc) is 2.97. The highest BCUT2D eigenvalue weighted by atomic mass is 35.5. The molecule has 9 heteroatoms. The summed E-state index contributed by atoms with van der Waals surface area (Å²) in [4.78, 5) is 37.5. The summed E-state index contributed by atoms with van der Waals surface area (Å²) in [5.74, 6) is -0.741. The van der Waals surface area contributed by atoms with Gasteiger partial charge in [-0.3, -0.25) is 19.8 Å². The number of benzene rings is 2. The summed E-state index contributed by atoms with van der Waals surface area (Å²) in [5.41, 5.74) is 1.19. The summed E-state index contributed by atoms with van der Waals surface area (Å²) in [5, 5.41) is 11.3. The van der Waals surface area contributed by atoms with Crippen LogP contribution in [-0.4, -0.2) is 31.0 Å². The SMILES string of the molecule is COC(=O)C1=C(C)N(c2ccc(OC)c(Cl)c2)C(=O)/C1=C\c1cccc([N+](=O)[O-])c1. The van der Waals surface area contributed by atoms with Gasteiger partial charge in [0.05, 0.1) is 41.0 Å². The molecule has 0 aromatic heterocycles. The van der Waals surface area contributed by atoms with Gasteiger partial charge in [0.1, 0.15) is 5.75 Å². The Balaban J connectivity index is 2.14. The predicted molar refractivity (Wildman–Crippen MR) is 111 cm³/mol. The maximum Gasteiger partial charge on any atom is 0.340 e. The van der Waals surface area contributed by atoms with E-state index in [9.17, 15) is 19.7 Å². The molecule has 1 aliphatic heterocycles. The van der Waals surface area contributed by atoms with Gasteiger partial charge in [0, 0.05) is 17.8 Å². The summed E-state index contributed by atoms with van der Waals surface area (Å²) in [6.45, 7) is 1.61. The Morgan fingerprint density at radius 3 is 2.53 bits per heavy atom. The second kappa shape index (κ2) is 8.38. The molecule has 0 saturated carbocycles. The Kier molecular flexibility index (Phi) is 5.89. The number of ether oxygens (including phenoxy) is 2. The molecule has 0 saturated heterocycles. The lowest BCUT2D eigenvalue weighted by Gasteiger charge is -2.19. The molecule has 0 fully saturated rings. The number of esters is 1. The van der Waals surface area contributed by atoms with Crippen LogP contribution in [0.25, 0.3) is 6.08 Å². The van der Waals surface area contributed by atoms with E-state index >= 15 is 0 Å². The molecule has 0 spiro atoms. The Morgan fingerprint density at radius 1 is 1.20 bits per heavy atom. The van der Waals surface area contributed by atoms with Crippen LogP contribution in [0.2, 0.25) is 5.02 Å². The molecule has 1 aliphatic rings. The van der Waals surface area contributed by atoms with Gasteiger partial charge in [0.2, 0.25) is 0 Å². The number of nitro groups is 1. The lowest BCUT2D eigenvalue weighted by Crippen LogP contribution is -2.24. The van der Waals surface area contributed by atoms with Gasteiger partial charge < -0.3 is 9.47 Å². The first-order valence-corrected chi connectivity index (χ1v) is 9.10. The van der Waals surface area contributed by atoms with Gasteiger partial charge in [-0.1, -0.05) is 23.7 Å². The molecule has 3 rings (SSSR count). The number of anilines is 1. The van der Waals surface area contributed by atoms with Gasteiger partial charge >= 0.3 is 5.97 Å². The van der Waals surface area contributed by atoms with Crippen molar-refractivity contribution in [1.29, 1.82) is 0 Å². The molecule has 154 valence electrons. The van der Waals surface area contributed by atoms with Crippen LogP contribution in [0.4, 0.5) is 11.4 Å². The summed E-state index contributed by atoms with van der Waals surface area (Å²) >= 11 is 6.19. The number of halogens is 1. The molecule has 2 aromatic rings. The zero-order valence-corrected chi connectivity index (χ0v) is 17.1. The van der Waals surface area contributed by atoms with Crippen LogP contribution < -0.4 is 9.64 Å². The molecule has 0 aliphatic carbocycles. The van der Waals surface area contributed by atoms with Crippen molar-refractivity contribution in [3.8, 4) is 5.75 Å². The summed E-state index contributed by atoms with van der Waals surface area (Å²) < 4.78 is 9.99. The van der Waals surface area contributed by atoms with Gasteiger partial charge in [-0.25, -0.2) is 4.79 Å². The molecule has 8 nitrogen and oxygen atoms in total. The van der Waals surface area contributed by atoms with Crippen molar-refractivity contribution in [2.75, 3.05) is 19.1 Å². The zero-order chi connectivity index (χ0) is 22.0. The number of allylic oxidation sites excluding steroid dienone is 1. The smallest absolute Gasteiger partial charge is 0.340 e. The fourth-order valence-electron chi connectivity index (χ4n) is 3.18. The first-order chi connectivity index (χ1) is 14.3. The molecule has 0 N–H and O–H groups in total. The number of methoxy groups -OCH3 is 2. The van der Waals surface area contributed by atoms with E-state index < -0.39 is 16.8 Å². The van der Waals surface area contributed by atoms with Gasteiger partial charge in [0.25, 0.3) is 11.6 Å². The van der Waals surface area contributed by atoms with Gasteiger partial charge in [-0.05, 0) is 36.8 Å². The normalized spacial score (nSPS) is 15.0. The van der Waals surface area contributed by atoms with Crippen molar-refractivity contribution >= 4 is 40.9 Å². The summed E-state index contributed by atoms with van der Waals surface area (Å²) in [7, 11) is 2.69. The van der Waals surface area contributed by atoms with E-state index in [0.29, 0.717) is 27.7 Å². The third-order valence-corrected chi connectivity index (χ3v) is 4.87. The van der Waals surface area contributed by atoms with E-state index in [4.69, 9.17) is 21.1 Å². The van der Waals surface area contributed by atoms with Crippen LogP contribution in [-0.2, 0) is 14.3 Å². The topological polar surface area (TPSA) is 99.0 Å². The number of amides is 1. The Morgan fingerprint density at radius 2 is 1.93 bits per heavy atom. The highest BCUT2D eigenvalue weighted by Crippen LogP contribution is 2.38. The van der Waals surface area contributed by atoms with E-state index in [1.165, 1.54) is 43.4 Å². The average molecular weight is 429 g/mol. The lowest BCUT2D eigenvalue weighted by atomic mass is 10.0. The van der Waals surface area contributed by atoms with E-state index in [1.54, 1.807) is 31.2 Å². The van der Waals surface area contributed by atoms with Crippen molar-refractivity contribution in [3.63, 3.8) is 0 Å². The Labute approximate surface area is 177 Å². The quantitative estimate of drug-likeness (QED) is 0.307. The minimum Gasteiger partial charge on any atom is -0.495 e. The number of nitrogens with zero attached hydrogens (tertiary/aromatic N) is 2. The highest BCUT2D eigenvalue weighted by molar-refractivity contribution is 6.32. The first-order valence-electron chi connectivity index (χ1n) is 8.72. The van der Waals surface area contributed by atoms with Crippen LogP contribution in [0.15, 0.2) is 59.3 Å². The number of hydrogen-bond acceptors (Lipinski definition) is 6. The van der Waals surface area contributed by atoms with Crippen molar-refractivity contribution in [1.82, 2.24) is 0 Å². The van der Waals surface area contributed by atoms with Crippen LogP contribution >= 0.6 is 11.6 Å². The highest BCUT2D eigenvalue weighted by Gasteiger charge is 2.38. The standard InChI is InChI=1S/C21H17ClN2O6/c1-12-19(21(26)30-3)16(10-13-5-4-6-15(9-13)24(27)28)20(25)23(12)14-7-8-18(29-2)17(22)11-14/h4-11H,1-3H3/b16-10-. The minimum atomic E-state index is -0.695. The molecule has 30 heavy (non-hydrogen) atoms. The second-order valence-corrected chi connectivity index (χ2v) is 6.73. The monoisotopic (exact) mass is 428 g/mol. The molecule has 1 amide bonds. The van der Waals surface area contributed by atoms with E-state index in [1.807, 2.05) is 0 Å². The van der Waals surface area contributed by atoms with Crippen molar-refractivity contribution < 1.29 is 24.0 Å². The number of nitro benzene ring substituents is 1. The molecule has 2 aromatic carbocycles. The molecular formula is C21H17ClN2O6. The first kappa shape index (κ1) is 21.1.